The lowest BCUT2D eigenvalue weighted by molar-refractivity contribution is -0.385. The number of hydrogen-bond acceptors (Lipinski definition) is 4. The Kier molecular flexibility index (Phi) is 5.62. The number of hydrogen-bond donors (Lipinski definition) is 2. The van der Waals surface area contributed by atoms with Crippen LogP contribution < -0.4 is 10.7 Å². The Labute approximate surface area is 116 Å². The van der Waals surface area contributed by atoms with E-state index in [0.29, 0.717) is 22.8 Å². The van der Waals surface area contributed by atoms with Crippen LogP contribution in [0.2, 0.25) is 0 Å². The third kappa shape index (κ3) is 4.84. The minimum atomic E-state index is -0.420. The molecular weight excluding hydrogens is 264 g/mol. The summed E-state index contributed by atoms with van der Waals surface area (Å²) in [6, 6.07) is 4.88. The first-order chi connectivity index (χ1) is 9.04. The maximum atomic E-state index is 10.8. The van der Waals surface area contributed by atoms with Crippen LogP contribution in [0.1, 0.15) is 11.1 Å². The summed E-state index contributed by atoms with van der Waals surface area (Å²) in [5.74, 6) is 0. The molecule has 0 aliphatic rings. The summed E-state index contributed by atoms with van der Waals surface area (Å²) in [5.41, 5.74) is 3.90. The molecule has 7 heteroatoms. The lowest BCUT2D eigenvalue weighted by atomic mass is 10.1. The van der Waals surface area contributed by atoms with Crippen LogP contribution >= 0.6 is 12.2 Å². The van der Waals surface area contributed by atoms with Crippen LogP contribution in [0.25, 0.3) is 0 Å². The smallest absolute Gasteiger partial charge is 0.272 e. The van der Waals surface area contributed by atoms with Crippen molar-refractivity contribution in [1.82, 2.24) is 10.7 Å². The average molecular weight is 278 g/mol. The highest BCUT2D eigenvalue weighted by Crippen LogP contribution is 2.18. The lowest BCUT2D eigenvalue weighted by Crippen LogP contribution is -2.31. The normalized spacial score (nSPS) is 10.2. The standard InChI is InChI=1S/C12H14N4O2S/c1-3-6-13-12(19)15-14-8-10-5-4-9(2)11(7-10)16(17)18/h3-5,7-8H,1,6H2,2H3,(H2,13,15,19)/b14-8-. The summed E-state index contributed by atoms with van der Waals surface area (Å²) in [5, 5.41) is 17.9. The van der Waals surface area contributed by atoms with Gasteiger partial charge in [-0.3, -0.25) is 15.5 Å². The van der Waals surface area contributed by atoms with E-state index in [9.17, 15) is 10.1 Å². The molecule has 0 fully saturated rings. The van der Waals surface area contributed by atoms with E-state index in [4.69, 9.17) is 12.2 Å². The van der Waals surface area contributed by atoms with Gasteiger partial charge in [0.25, 0.3) is 5.69 Å². The molecule has 0 bridgehead atoms. The topological polar surface area (TPSA) is 79.6 Å². The molecule has 100 valence electrons. The van der Waals surface area contributed by atoms with Gasteiger partial charge in [-0.2, -0.15) is 5.10 Å². The largest absolute Gasteiger partial charge is 0.358 e. The van der Waals surface area contributed by atoms with Gasteiger partial charge in [0.15, 0.2) is 5.11 Å². The highest BCUT2D eigenvalue weighted by atomic mass is 32.1. The van der Waals surface area contributed by atoms with E-state index in [-0.39, 0.29) is 5.69 Å². The van der Waals surface area contributed by atoms with Gasteiger partial charge >= 0.3 is 0 Å². The minimum absolute atomic E-state index is 0.0660. The summed E-state index contributed by atoms with van der Waals surface area (Å²) in [6.45, 7) is 5.77. The van der Waals surface area contributed by atoms with E-state index in [0.717, 1.165) is 0 Å². The molecule has 0 unspecified atom stereocenters. The van der Waals surface area contributed by atoms with Crippen molar-refractivity contribution in [2.75, 3.05) is 6.54 Å². The van der Waals surface area contributed by atoms with Gasteiger partial charge < -0.3 is 5.32 Å². The van der Waals surface area contributed by atoms with Gasteiger partial charge in [-0.25, -0.2) is 0 Å². The number of nitrogens with one attached hydrogen (secondary N) is 2. The fraction of sp³-hybridized carbons (Fsp3) is 0.167. The monoisotopic (exact) mass is 278 g/mol. The first kappa shape index (κ1) is 14.8. The van der Waals surface area contributed by atoms with E-state index in [1.165, 1.54) is 12.3 Å². The van der Waals surface area contributed by atoms with Crippen molar-refractivity contribution >= 4 is 29.2 Å². The van der Waals surface area contributed by atoms with Crippen LogP contribution in [0.15, 0.2) is 36.0 Å². The van der Waals surface area contributed by atoms with Crippen molar-refractivity contribution in [2.24, 2.45) is 5.10 Å². The number of rotatable bonds is 5. The first-order valence-electron chi connectivity index (χ1n) is 5.47. The van der Waals surface area contributed by atoms with Gasteiger partial charge in [-0.1, -0.05) is 18.2 Å². The fourth-order valence-corrected chi connectivity index (χ4v) is 1.41. The molecule has 2 N–H and O–H groups in total. The zero-order valence-corrected chi connectivity index (χ0v) is 11.2. The summed E-state index contributed by atoms with van der Waals surface area (Å²) in [4.78, 5) is 10.4. The Balaban J connectivity index is 2.67. The van der Waals surface area contributed by atoms with Crippen LogP contribution in [0.3, 0.4) is 0 Å². The van der Waals surface area contributed by atoms with Crippen LogP contribution in [-0.4, -0.2) is 22.8 Å². The van der Waals surface area contributed by atoms with E-state index in [1.807, 2.05) is 0 Å². The van der Waals surface area contributed by atoms with E-state index in [2.05, 4.69) is 22.4 Å². The molecule has 19 heavy (non-hydrogen) atoms. The average Bonchev–Trinajstić information content (AvgIpc) is 2.38. The van der Waals surface area contributed by atoms with Crippen LogP contribution in [0.4, 0.5) is 5.69 Å². The predicted octanol–water partition coefficient (Wildman–Crippen LogP) is 1.89. The Hall–Kier alpha value is -2.28. The molecular formula is C12H14N4O2S. The Bertz CT molecular complexity index is 528. The molecule has 0 saturated carbocycles. The van der Waals surface area contributed by atoms with Crippen molar-refractivity contribution < 1.29 is 4.92 Å². The summed E-state index contributed by atoms with van der Waals surface area (Å²) < 4.78 is 0. The molecule has 0 aliphatic heterocycles. The number of nitro benzene ring substituents is 1. The van der Waals surface area contributed by atoms with E-state index < -0.39 is 4.92 Å². The van der Waals surface area contributed by atoms with Gasteiger partial charge in [0.1, 0.15) is 0 Å². The van der Waals surface area contributed by atoms with Gasteiger partial charge in [0.2, 0.25) is 0 Å². The number of thiocarbonyl (C=S) groups is 1. The number of nitro groups is 1. The number of hydrazone groups is 1. The minimum Gasteiger partial charge on any atom is -0.358 e. The molecule has 0 radical (unpaired) electrons. The van der Waals surface area contributed by atoms with Crippen LogP contribution in [0.5, 0.6) is 0 Å². The zero-order chi connectivity index (χ0) is 14.3. The van der Waals surface area contributed by atoms with Crippen LogP contribution in [0, 0.1) is 17.0 Å². The molecule has 1 aromatic carbocycles. The van der Waals surface area contributed by atoms with E-state index >= 15 is 0 Å². The number of benzene rings is 1. The molecule has 1 aromatic rings. The van der Waals surface area contributed by atoms with Gasteiger partial charge in [-0.05, 0) is 19.1 Å². The zero-order valence-electron chi connectivity index (χ0n) is 10.4. The summed E-state index contributed by atoms with van der Waals surface area (Å²) >= 11 is 4.93. The molecule has 0 spiro atoms. The van der Waals surface area contributed by atoms with Crippen molar-refractivity contribution in [3.05, 3.63) is 52.1 Å². The summed E-state index contributed by atoms with van der Waals surface area (Å²) in [6.07, 6.45) is 3.13. The van der Waals surface area contributed by atoms with Gasteiger partial charge in [-0.15, -0.1) is 6.58 Å². The highest BCUT2D eigenvalue weighted by molar-refractivity contribution is 7.80. The van der Waals surface area contributed by atoms with Crippen LogP contribution in [-0.2, 0) is 0 Å². The second-order valence-corrected chi connectivity index (χ2v) is 4.08. The van der Waals surface area contributed by atoms with Crippen molar-refractivity contribution in [1.29, 1.82) is 0 Å². The first-order valence-corrected chi connectivity index (χ1v) is 5.88. The third-order valence-corrected chi connectivity index (χ3v) is 2.45. The summed E-state index contributed by atoms with van der Waals surface area (Å²) in [7, 11) is 0. The third-order valence-electron chi connectivity index (χ3n) is 2.22. The Morgan fingerprint density at radius 3 is 3.00 bits per heavy atom. The SMILES string of the molecule is C=CCNC(=S)N/N=C\c1ccc(C)c([N+](=O)[O-])c1. The maximum Gasteiger partial charge on any atom is 0.272 e. The maximum absolute atomic E-state index is 10.8. The number of aryl methyl sites for hydroxylation is 1. The molecule has 0 saturated heterocycles. The van der Waals surface area contributed by atoms with Crippen molar-refractivity contribution in [2.45, 2.75) is 6.92 Å². The number of nitrogens with zero attached hydrogens (tertiary/aromatic N) is 2. The molecule has 0 amide bonds. The predicted molar refractivity (Wildman–Crippen MR) is 79.4 cm³/mol. The van der Waals surface area contributed by atoms with Gasteiger partial charge in [0.05, 0.1) is 11.1 Å². The van der Waals surface area contributed by atoms with Crippen molar-refractivity contribution in [3.8, 4) is 0 Å². The van der Waals surface area contributed by atoms with Crippen molar-refractivity contribution in [3.63, 3.8) is 0 Å². The molecule has 0 aliphatic carbocycles. The fourth-order valence-electron chi connectivity index (χ4n) is 1.27. The molecule has 0 aromatic heterocycles. The molecule has 0 atom stereocenters. The second kappa shape index (κ2) is 7.22. The lowest BCUT2D eigenvalue weighted by Gasteiger charge is -2.03. The molecule has 0 heterocycles. The Morgan fingerprint density at radius 2 is 2.37 bits per heavy atom. The quantitative estimate of drug-likeness (QED) is 0.283. The second-order valence-electron chi connectivity index (χ2n) is 3.67. The molecule has 6 nitrogen and oxygen atoms in total. The van der Waals surface area contributed by atoms with Gasteiger partial charge in [0, 0.05) is 23.7 Å². The Morgan fingerprint density at radius 1 is 1.63 bits per heavy atom. The molecule has 1 rings (SSSR count). The van der Waals surface area contributed by atoms with E-state index in [1.54, 1.807) is 25.1 Å². The highest BCUT2D eigenvalue weighted by Gasteiger charge is 2.09.